The molecule has 0 aromatic heterocycles. The zero-order valence-electron chi connectivity index (χ0n) is 4.31. The number of allylic oxidation sites excluding steroid dienone is 2. The first-order chi connectivity index (χ1) is 3.18. The third-order valence-electron chi connectivity index (χ3n) is 0.638. The lowest BCUT2D eigenvalue weighted by molar-refractivity contribution is 1.38. The first-order valence-electron chi connectivity index (χ1n) is 1.96. The lowest BCUT2D eigenvalue weighted by Crippen LogP contribution is -1.92. The Labute approximate surface area is 49.3 Å². The molecule has 0 radical (unpaired) electrons. The summed E-state index contributed by atoms with van der Waals surface area (Å²) in [5, 5.41) is 0. The van der Waals surface area contributed by atoms with Crippen molar-refractivity contribution in [1.82, 2.24) is 0 Å². The van der Waals surface area contributed by atoms with E-state index in [4.69, 9.17) is 5.73 Å². The van der Waals surface area contributed by atoms with Gasteiger partial charge in [0.25, 0.3) is 0 Å². The van der Waals surface area contributed by atoms with E-state index in [9.17, 15) is 0 Å². The molecule has 7 heavy (non-hydrogen) atoms. The van der Waals surface area contributed by atoms with Gasteiger partial charge >= 0.3 is 0 Å². The lowest BCUT2D eigenvalue weighted by atomic mass is 10.4. The van der Waals surface area contributed by atoms with Crippen LogP contribution in [-0.2, 0) is 0 Å². The van der Waals surface area contributed by atoms with Gasteiger partial charge in [0, 0.05) is 10.6 Å². The molecule has 40 valence electrons. The lowest BCUT2D eigenvalue weighted by Gasteiger charge is -1.90. The van der Waals surface area contributed by atoms with Crippen molar-refractivity contribution in [2.75, 3.05) is 0 Å². The Bertz CT molecular complexity index is 101. The van der Waals surface area contributed by atoms with Gasteiger partial charge in [-0.2, -0.15) is 0 Å². The van der Waals surface area contributed by atoms with E-state index in [0.29, 0.717) is 5.70 Å². The normalized spacial score (nSPS) is 12.9. The molecular formula is C5H9NS. The minimum atomic E-state index is 0.642. The highest BCUT2D eigenvalue weighted by molar-refractivity contribution is 7.84. The van der Waals surface area contributed by atoms with Crippen molar-refractivity contribution in [3.05, 3.63) is 23.3 Å². The van der Waals surface area contributed by atoms with Gasteiger partial charge in [-0.1, -0.05) is 6.58 Å². The number of thiol groups is 1. The van der Waals surface area contributed by atoms with E-state index < -0.39 is 0 Å². The largest absolute Gasteiger partial charge is 0.398 e. The monoisotopic (exact) mass is 115 g/mol. The average molecular weight is 115 g/mol. The van der Waals surface area contributed by atoms with Crippen molar-refractivity contribution < 1.29 is 0 Å². The molecule has 0 heterocycles. The maximum atomic E-state index is 5.30. The molecule has 0 bridgehead atoms. The van der Waals surface area contributed by atoms with Crippen LogP contribution in [0.5, 0.6) is 0 Å². The standard InChI is InChI=1S/C5H9NS/c1-3-5(6)4(2)7/h3,7H,1,6H2,2H3/b5-4-. The zero-order chi connectivity index (χ0) is 5.86. The Kier molecular flexibility index (Phi) is 2.60. The fraction of sp³-hybridized carbons (Fsp3) is 0.200. The van der Waals surface area contributed by atoms with Crippen LogP contribution in [0, 0.1) is 0 Å². The summed E-state index contributed by atoms with van der Waals surface area (Å²) in [6.07, 6.45) is 1.57. The summed E-state index contributed by atoms with van der Waals surface area (Å²) in [5.41, 5.74) is 5.94. The molecule has 0 aliphatic rings. The first kappa shape index (κ1) is 6.63. The molecule has 1 nitrogen and oxygen atoms in total. The molecule has 0 aromatic carbocycles. The number of rotatable bonds is 1. The highest BCUT2D eigenvalue weighted by Gasteiger charge is 1.80. The van der Waals surface area contributed by atoms with E-state index in [0.717, 1.165) is 4.91 Å². The van der Waals surface area contributed by atoms with Crippen LogP contribution >= 0.6 is 12.6 Å². The maximum absolute atomic E-state index is 5.30. The Balaban J connectivity index is 3.98. The molecule has 0 rings (SSSR count). The molecule has 2 heteroatoms. The highest BCUT2D eigenvalue weighted by atomic mass is 32.1. The third kappa shape index (κ3) is 2.34. The minimum absolute atomic E-state index is 0.642. The summed E-state index contributed by atoms with van der Waals surface area (Å²) in [4.78, 5) is 0.815. The molecule has 0 aliphatic carbocycles. The molecule has 0 saturated carbocycles. The van der Waals surface area contributed by atoms with Crippen molar-refractivity contribution in [2.45, 2.75) is 6.92 Å². The highest BCUT2D eigenvalue weighted by Crippen LogP contribution is 2.00. The van der Waals surface area contributed by atoms with Gasteiger partial charge in [0.15, 0.2) is 0 Å². The van der Waals surface area contributed by atoms with Crippen LogP contribution in [0.1, 0.15) is 6.92 Å². The quantitative estimate of drug-likeness (QED) is 0.391. The summed E-state index contributed by atoms with van der Waals surface area (Å²) < 4.78 is 0. The van der Waals surface area contributed by atoms with Crippen LogP contribution in [0.15, 0.2) is 23.3 Å². The molecule has 0 atom stereocenters. The average Bonchev–Trinajstić information content (AvgIpc) is 1.65. The topological polar surface area (TPSA) is 26.0 Å². The Morgan fingerprint density at radius 3 is 2.29 bits per heavy atom. The first-order valence-corrected chi connectivity index (χ1v) is 2.41. The predicted octanol–water partition coefficient (Wildman–Crippen LogP) is 1.29. The van der Waals surface area contributed by atoms with E-state index in [1.54, 1.807) is 6.08 Å². The Morgan fingerprint density at radius 2 is 2.29 bits per heavy atom. The predicted molar refractivity (Wildman–Crippen MR) is 36.1 cm³/mol. The van der Waals surface area contributed by atoms with Crippen LogP contribution in [0.25, 0.3) is 0 Å². The summed E-state index contributed by atoms with van der Waals surface area (Å²) in [6, 6.07) is 0. The fourth-order valence-corrected chi connectivity index (χ4v) is 0.239. The second-order valence-corrected chi connectivity index (χ2v) is 1.92. The van der Waals surface area contributed by atoms with E-state index >= 15 is 0 Å². The fourth-order valence-electron chi connectivity index (χ4n) is 0.148. The van der Waals surface area contributed by atoms with Gasteiger partial charge in [-0.25, -0.2) is 0 Å². The smallest absolute Gasteiger partial charge is 0.0399 e. The third-order valence-corrected chi connectivity index (χ3v) is 0.896. The van der Waals surface area contributed by atoms with E-state index in [1.807, 2.05) is 6.92 Å². The molecule has 0 unspecified atom stereocenters. The number of nitrogens with two attached hydrogens (primary N) is 1. The number of hydrogen-bond acceptors (Lipinski definition) is 2. The van der Waals surface area contributed by atoms with Gasteiger partial charge < -0.3 is 5.73 Å². The van der Waals surface area contributed by atoms with Crippen LogP contribution < -0.4 is 5.73 Å². The van der Waals surface area contributed by atoms with Gasteiger partial charge in [-0.3, -0.25) is 0 Å². The SMILES string of the molecule is C=C/C(N)=C(\C)S. The van der Waals surface area contributed by atoms with Crippen molar-refractivity contribution >= 4 is 12.6 Å². The summed E-state index contributed by atoms with van der Waals surface area (Å²) in [5.74, 6) is 0. The van der Waals surface area contributed by atoms with E-state index in [1.165, 1.54) is 0 Å². The van der Waals surface area contributed by atoms with Gasteiger partial charge in [0.05, 0.1) is 0 Å². The van der Waals surface area contributed by atoms with Crippen LogP contribution in [-0.4, -0.2) is 0 Å². The Hall–Kier alpha value is -0.370. The van der Waals surface area contributed by atoms with Crippen molar-refractivity contribution in [2.24, 2.45) is 5.73 Å². The van der Waals surface area contributed by atoms with Gasteiger partial charge in [0.2, 0.25) is 0 Å². The summed E-state index contributed by atoms with van der Waals surface area (Å²) in [6.45, 7) is 5.27. The van der Waals surface area contributed by atoms with Crippen LogP contribution in [0.3, 0.4) is 0 Å². The summed E-state index contributed by atoms with van der Waals surface area (Å²) >= 11 is 3.96. The van der Waals surface area contributed by atoms with Gasteiger partial charge in [0.1, 0.15) is 0 Å². The van der Waals surface area contributed by atoms with Crippen LogP contribution in [0.2, 0.25) is 0 Å². The molecular weight excluding hydrogens is 106 g/mol. The molecule has 2 N–H and O–H groups in total. The van der Waals surface area contributed by atoms with Gasteiger partial charge in [-0.15, -0.1) is 12.6 Å². The van der Waals surface area contributed by atoms with Crippen molar-refractivity contribution in [3.8, 4) is 0 Å². The molecule has 0 aromatic rings. The molecule has 0 spiro atoms. The van der Waals surface area contributed by atoms with Gasteiger partial charge in [-0.05, 0) is 13.0 Å². The molecule has 0 fully saturated rings. The van der Waals surface area contributed by atoms with Crippen molar-refractivity contribution in [3.63, 3.8) is 0 Å². The molecule has 0 amide bonds. The number of hydrogen-bond donors (Lipinski definition) is 2. The van der Waals surface area contributed by atoms with E-state index in [2.05, 4.69) is 19.2 Å². The van der Waals surface area contributed by atoms with Crippen molar-refractivity contribution in [1.29, 1.82) is 0 Å². The van der Waals surface area contributed by atoms with Crippen LogP contribution in [0.4, 0.5) is 0 Å². The zero-order valence-corrected chi connectivity index (χ0v) is 5.20. The minimum Gasteiger partial charge on any atom is -0.398 e. The second-order valence-electron chi connectivity index (χ2n) is 1.24. The Morgan fingerprint density at radius 1 is 1.86 bits per heavy atom. The molecule has 0 saturated heterocycles. The maximum Gasteiger partial charge on any atom is 0.0399 e. The second kappa shape index (κ2) is 2.75. The van der Waals surface area contributed by atoms with E-state index in [-0.39, 0.29) is 0 Å². The molecule has 0 aliphatic heterocycles. The summed E-state index contributed by atoms with van der Waals surface area (Å²) in [7, 11) is 0.